The van der Waals surface area contributed by atoms with Crippen LogP contribution in [0.4, 0.5) is 0 Å². The van der Waals surface area contributed by atoms with Gasteiger partial charge in [-0.25, -0.2) is 0 Å². The number of ether oxygens (including phenoxy) is 1. The summed E-state index contributed by atoms with van der Waals surface area (Å²) >= 11 is 0. The van der Waals surface area contributed by atoms with E-state index >= 15 is 0 Å². The first-order valence-corrected chi connectivity index (χ1v) is 6.08. The van der Waals surface area contributed by atoms with Crippen molar-refractivity contribution in [2.75, 3.05) is 6.54 Å². The van der Waals surface area contributed by atoms with Crippen LogP contribution in [-0.4, -0.2) is 18.6 Å². The minimum atomic E-state index is -0.486. The van der Waals surface area contributed by atoms with E-state index in [2.05, 4.69) is 0 Å². The van der Waals surface area contributed by atoms with Gasteiger partial charge >= 0.3 is 5.97 Å². The summed E-state index contributed by atoms with van der Waals surface area (Å²) in [7, 11) is 0. The Morgan fingerprint density at radius 3 is 2.59 bits per heavy atom. The summed E-state index contributed by atoms with van der Waals surface area (Å²) in [5.74, 6) is 0.0882. The molecular formula is C14H19NO2. The summed E-state index contributed by atoms with van der Waals surface area (Å²) in [5.41, 5.74) is 6.25. The Balaban J connectivity index is 2.26. The van der Waals surface area contributed by atoms with Crippen molar-refractivity contribution in [3.8, 4) is 0 Å². The predicted molar refractivity (Wildman–Crippen MR) is 66.5 cm³/mol. The van der Waals surface area contributed by atoms with Crippen LogP contribution in [0.15, 0.2) is 30.3 Å². The molecule has 0 saturated heterocycles. The highest BCUT2D eigenvalue weighted by molar-refractivity contribution is 5.87. The summed E-state index contributed by atoms with van der Waals surface area (Å²) < 4.78 is 5.37. The summed E-state index contributed by atoms with van der Waals surface area (Å²) in [6.45, 7) is 4.27. The van der Waals surface area contributed by atoms with Gasteiger partial charge in [-0.1, -0.05) is 30.3 Å². The standard InChI is InChI=1S/C14H19NO2/c1-10(2)17-13(16)14(8-12(14)9-15)11-6-4-3-5-7-11/h3-7,10,12H,8-9,15H2,1-2H3/t12-,14+/m1/s1. The first-order chi connectivity index (χ1) is 8.11. The molecule has 1 aliphatic rings. The Morgan fingerprint density at radius 1 is 1.47 bits per heavy atom. The lowest BCUT2D eigenvalue weighted by molar-refractivity contribution is -0.151. The Bertz CT molecular complexity index is 402. The molecule has 0 aromatic heterocycles. The van der Waals surface area contributed by atoms with E-state index in [4.69, 9.17) is 10.5 Å². The molecule has 0 bridgehead atoms. The highest BCUT2D eigenvalue weighted by Gasteiger charge is 2.61. The maximum absolute atomic E-state index is 12.2. The van der Waals surface area contributed by atoms with Crippen molar-refractivity contribution in [2.45, 2.75) is 31.8 Å². The van der Waals surface area contributed by atoms with E-state index in [0.717, 1.165) is 12.0 Å². The highest BCUT2D eigenvalue weighted by Crippen LogP contribution is 2.54. The monoisotopic (exact) mass is 233 g/mol. The predicted octanol–water partition coefficient (Wildman–Crippen LogP) is 1.85. The third-order valence-electron chi connectivity index (χ3n) is 3.39. The summed E-state index contributed by atoms with van der Waals surface area (Å²) in [6.07, 6.45) is 0.723. The van der Waals surface area contributed by atoms with Crippen LogP contribution >= 0.6 is 0 Å². The van der Waals surface area contributed by atoms with Gasteiger partial charge in [0, 0.05) is 0 Å². The Hall–Kier alpha value is -1.35. The van der Waals surface area contributed by atoms with Gasteiger partial charge in [-0.05, 0) is 38.3 Å². The minimum Gasteiger partial charge on any atom is -0.462 e. The van der Waals surface area contributed by atoms with Gasteiger partial charge in [0.05, 0.1) is 11.5 Å². The first-order valence-electron chi connectivity index (χ1n) is 6.08. The molecule has 1 aliphatic carbocycles. The van der Waals surface area contributed by atoms with E-state index in [0.29, 0.717) is 6.54 Å². The fourth-order valence-electron chi connectivity index (χ4n) is 2.39. The second kappa shape index (κ2) is 4.49. The van der Waals surface area contributed by atoms with Gasteiger partial charge in [-0.15, -0.1) is 0 Å². The Morgan fingerprint density at radius 2 is 2.12 bits per heavy atom. The summed E-state index contributed by atoms with van der Waals surface area (Å²) in [4.78, 5) is 12.2. The fourth-order valence-corrected chi connectivity index (χ4v) is 2.39. The molecule has 3 heteroatoms. The summed E-state index contributed by atoms with van der Waals surface area (Å²) in [5, 5.41) is 0. The van der Waals surface area contributed by atoms with Gasteiger partial charge < -0.3 is 10.5 Å². The number of benzene rings is 1. The van der Waals surface area contributed by atoms with Crippen molar-refractivity contribution in [2.24, 2.45) is 11.7 Å². The molecule has 1 aromatic rings. The van der Waals surface area contributed by atoms with Crippen LogP contribution in [-0.2, 0) is 14.9 Å². The van der Waals surface area contributed by atoms with Gasteiger partial charge in [-0.2, -0.15) is 0 Å². The van der Waals surface area contributed by atoms with Gasteiger partial charge in [0.1, 0.15) is 0 Å². The van der Waals surface area contributed by atoms with E-state index in [1.165, 1.54) is 0 Å². The molecule has 3 nitrogen and oxygen atoms in total. The second-order valence-corrected chi connectivity index (χ2v) is 4.93. The number of hydrogen-bond acceptors (Lipinski definition) is 3. The number of hydrogen-bond donors (Lipinski definition) is 1. The SMILES string of the molecule is CC(C)OC(=O)[C@]1(c2ccccc2)C[C@@H]1CN. The average Bonchev–Trinajstić information content (AvgIpc) is 3.05. The molecule has 0 amide bonds. The van der Waals surface area contributed by atoms with E-state index in [1.54, 1.807) is 0 Å². The number of carbonyl (C=O) groups is 1. The van der Waals surface area contributed by atoms with Crippen molar-refractivity contribution >= 4 is 5.97 Å². The molecule has 0 heterocycles. The van der Waals surface area contributed by atoms with Crippen LogP contribution in [0.25, 0.3) is 0 Å². The molecule has 0 spiro atoms. The van der Waals surface area contributed by atoms with Crippen LogP contribution in [0.1, 0.15) is 25.8 Å². The largest absolute Gasteiger partial charge is 0.462 e. The molecule has 2 atom stereocenters. The molecule has 1 aromatic carbocycles. The quantitative estimate of drug-likeness (QED) is 0.807. The van der Waals surface area contributed by atoms with Crippen LogP contribution in [0.2, 0.25) is 0 Å². The minimum absolute atomic E-state index is 0.0814. The molecule has 2 N–H and O–H groups in total. The number of nitrogens with two attached hydrogens (primary N) is 1. The highest BCUT2D eigenvalue weighted by atomic mass is 16.5. The van der Waals surface area contributed by atoms with Crippen LogP contribution in [0.3, 0.4) is 0 Å². The van der Waals surface area contributed by atoms with Crippen molar-refractivity contribution in [1.82, 2.24) is 0 Å². The number of esters is 1. The number of carbonyl (C=O) groups excluding carboxylic acids is 1. The molecule has 0 radical (unpaired) electrons. The topological polar surface area (TPSA) is 52.3 Å². The third kappa shape index (κ3) is 2.07. The van der Waals surface area contributed by atoms with Gasteiger partial charge in [0.2, 0.25) is 0 Å². The van der Waals surface area contributed by atoms with E-state index in [1.807, 2.05) is 44.2 Å². The maximum atomic E-state index is 12.2. The van der Waals surface area contributed by atoms with Crippen molar-refractivity contribution < 1.29 is 9.53 Å². The van der Waals surface area contributed by atoms with Crippen LogP contribution in [0.5, 0.6) is 0 Å². The lowest BCUT2D eigenvalue weighted by Crippen LogP contribution is -2.29. The van der Waals surface area contributed by atoms with E-state index in [-0.39, 0.29) is 18.0 Å². The zero-order valence-electron chi connectivity index (χ0n) is 10.3. The van der Waals surface area contributed by atoms with Crippen molar-refractivity contribution in [1.29, 1.82) is 0 Å². The third-order valence-corrected chi connectivity index (χ3v) is 3.39. The Kier molecular flexibility index (Phi) is 3.20. The molecule has 0 unspecified atom stereocenters. The molecule has 1 saturated carbocycles. The molecule has 1 fully saturated rings. The molecule has 92 valence electrons. The molecule has 2 rings (SSSR count). The fraction of sp³-hybridized carbons (Fsp3) is 0.500. The molecular weight excluding hydrogens is 214 g/mol. The zero-order chi connectivity index (χ0) is 12.5. The Labute approximate surface area is 102 Å². The van der Waals surface area contributed by atoms with Crippen LogP contribution in [0, 0.1) is 5.92 Å². The van der Waals surface area contributed by atoms with Crippen LogP contribution < -0.4 is 5.73 Å². The van der Waals surface area contributed by atoms with E-state index in [9.17, 15) is 4.79 Å². The normalized spacial score (nSPS) is 26.9. The average molecular weight is 233 g/mol. The zero-order valence-corrected chi connectivity index (χ0v) is 10.3. The van der Waals surface area contributed by atoms with Gasteiger partial charge in [0.15, 0.2) is 0 Å². The first kappa shape index (κ1) is 12.1. The summed E-state index contributed by atoms with van der Waals surface area (Å²) in [6, 6.07) is 9.82. The lowest BCUT2D eigenvalue weighted by Gasteiger charge is -2.18. The molecule has 17 heavy (non-hydrogen) atoms. The van der Waals surface area contributed by atoms with Gasteiger partial charge in [-0.3, -0.25) is 4.79 Å². The van der Waals surface area contributed by atoms with E-state index < -0.39 is 5.41 Å². The van der Waals surface area contributed by atoms with Crippen molar-refractivity contribution in [3.63, 3.8) is 0 Å². The van der Waals surface area contributed by atoms with Gasteiger partial charge in [0.25, 0.3) is 0 Å². The van der Waals surface area contributed by atoms with Crippen molar-refractivity contribution in [3.05, 3.63) is 35.9 Å². The second-order valence-electron chi connectivity index (χ2n) is 4.93. The molecule has 0 aliphatic heterocycles. The maximum Gasteiger partial charge on any atom is 0.317 e. The smallest absolute Gasteiger partial charge is 0.317 e. The number of rotatable bonds is 4. The lowest BCUT2D eigenvalue weighted by atomic mass is 9.93.